The number of rotatable bonds is 2. The highest BCUT2D eigenvalue weighted by Gasteiger charge is 2.11. The molecule has 0 aliphatic carbocycles. The molecular formula is C11H8ClN3O3. The first kappa shape index (κ1) is 12.1. The Balaban J connectivity index is 2.52. The summed E-state index contributed by atoms with van der Waals surface area (Å²) in [7, 11) is 0. The van der Waals surface area contributed by atoms with E-state index in [-0.39, 0.29) is 5.82 Å². The molecule has 1 aromatic carbocycles. The standard InChI is InChI=1S/C11H8ClN3O3/c12-7-2-1-5(3-8(7)13)9-14-4-6(11(17)18)10(16)15-9/h1-4H,13H2,(H,17,18)(H,14,15,16). The van der Waals surface area contributed by atoms with Crippen molar-refractivity contribution in [2.75, 3.05) is 5.73 Å². The Morgan fingerprint density at radius 1 is 1.44 bits per heavy atom. The molecular weight excluding hydrogens is 258 g/mol. The molecule has 0 fully saturated rings. The van der Waals surface area contributed by atoms with E-state index in [9.17, 15) is 9.59 Å². The van der Waals surface area contributed by atoms with Gasteiger partial charge < -0.3 is 15.8 Å². The maximum atomic E-state index is 11.5. The Labute approximate surface area is 106 Å². The average Bonchev–Trinajstić information content (AvgIpc) is 2.32. The molecule has 0 amide bonds. The van der Waals surface area contributed by atoms with E-state index in [2.05, 4.69) is 9.97 Å². The lowest BCUT2D eigenvalue weighted by Gasteiger charge is -2.03. The van der Waals surface area contributed by atoms with Crippen molar-refractivity contribution in [3.8, 4) is 11.4 Å². The lowest BCUT2D eigenvalue weighted by atomic mass is 10.2. The first-order valence-electron chi connectivity index (χ1n) is 4.87. The van der Waals surface area contributed by atoms with Gasteiger partial charge in [0.1, 0.15) is 11.4 Å². The van der Waals surface area contributed by atoms with Gasteiger partial charge in [0.25, 0.3) is 5.56 Å². The number of aromatic nitrogens is 2. The summed E-state index contributed by atoms with van der Waals surface area (Å²) in [5.74, 6) is -1.10. The number of halogens is 1. The number of H-pyrrole nitrogens is 1. The number of carbonyl (C=O) groups is 1. The molecule has 1 heterocycles. The van der Waals surface area contributed by atoms with Crippen molar-refractivity contribution in [2.24, 2.45) is 0 Å². The maximum Gasteiger partial charge on any atom is 0.342 e. The molecule has 0 unspecified atom stereocenters. The SMILES string of the molecule is Nc1cc(-c2ncc(C(=O)O)c(=O)[nH]2)ccc1Cl. The van der Waals surface area contributed by atoms with Gasteiger partial charge in [0.15, 0.2) is 0 Å². The van der Waals surface area contributed by atoms with E-state index in [0.717, 1.165) is 6.20 Å². The molecule has 2 rings (SSSR count). The minimum atomic E-state index is -1.33. The van der Waals surface area contributed by atoms with Gasteiger partial charge in [-0.15, -0.1) is 0 Å². The summed E-state index contributed by atoms with van der Waals surface area (Å²) in [6.45, 7) is 0. The van der Waals surface area contributed by atoms with Crippen LogP contribution >= 0.6 is 11.6 Å². The second-order valence-electron chi connectivity index (χ2n) is 3.52. The van der Waals surface area contributed by atoms with Gasteiger partial charge in [0, 0.05) is 11.8 Å². The van der Waals surface area contributed by atoms with Crippen molar-refractivity contribution >= 4 is 23.3 Å². The number of nitrogen functional groups attached to an aromatic ring is 1. The highest BCUT2D eigenvalue weighted by atomic mass is 35.5. The van der Waals surface area contributed by atoms with Crippen molar-refractivity contribution in [1.82, 2.24) is 9.97 Å². The first-order chi connectivity index (χ1) is 8.49. The molecule has 0 spiro atoms. The molecule has 4 N–H and O–H groups in total. The molecule has 7 heteroatoms. The number of nitrogens with one attached hydrogen (secondary N) is 1. The number of benzene rings is 1. The zero-order valence-corrected chi connectivity index (χ0v) is 9.73. The molecule has 0 aliphatic rings. The van der Waals surface area contributed by atoms with E-state index >= 15 is 0 Å². The molecule has 0 saturated carbocycles. The number of carboxylic acid groups (broad SMARTS) is 1. The van der Waals surface area contributed by atoms with Crippen LogP contribution in [0.2, 0.25) is 5.02 Å². The van der Waals surface area contributed by atoms with Crippen molar-refractivity contribution in [2.45, 2.75) is 0 Å². The third kappa shape index (κ3) is 2.18. The third-order valence-electron chi connectivity index (χ3n) is 2.30. The summed E-state index contributed by atoms with van der Waals surface area (Å²) < 4.78 is 0. The highest BCUT2D eigenvalue weighted by molar-refractivity contribution is 6.33. The second kappa shape index (κ2) is 4.50. The van der Waals surface area contributed by atoms with E-state index in [0.29, 0.717) is 16.3 Å². The smallest absolute Gasteiger partial charge is 0.342 e. The Kier molecular flexibility index (Phi) is 3.03. The quantitative estimate of drug-likeness (QED) is 0.711. The Morgan fingerprint density at radius 2 is 2.17 bits per heavy atom. The normalized spacial score (nSPS) is 10.3. The van der Waals surface area contributed by atoms with Crippen LogP contribution in [0.4, 0.5) is 5.69 Å². The van der Waals surface area contributed by atoms with Crippen LogP contribution in [0, 0.1) is 0 Å². The minimum Gasteiger partial charge on any atom is -0.477 e. The summed E-state index contributed by atoms with van der Waals surface area (Å²) >= 11 is 5.77. The number of anilines is 1. The third-order valence-corrected chi connectivity index (χ3v) is 2.64. The van der Waals surface area contributed by atoms with Crippen LogP contribution in [0.15, 0.2) is 29.2 Å². The molecule has 92 valence electrons. The Morgan fingerprint density at radius 3 is 2.72 bits per heavy atom. The molecule has 6 nitrogen and oxygen atoms in total. The predicted molar refractivity (Wildman–Crippen MR) is 66.7 cm³/mol. The van der Waals surface area contributed by atoms with Crippen LogP contribution in [-0.4, -0.2) is 21.0 Å². The number of hydrogen-bond donors (Lipinski definition) is 3. The molecule has 0 bridgehead atoms. The average molecular weight is 266 g/mol. The summed E-state index contributed by atoms with van der Waals surface area (Å²) in [4.78, 5) is 28.4. The van der Waals surface area contributed by atoms with Gasteiger partial charge in [-0.1, -0.05) is 11.6 Å². The fourth-order valence-electron chi connectivity index (χ4n) is 1.38. The van der Waals surface area contributed by atoms with E-state index < -0.39 is 17.1 Å². The summed E-state index contributed by atoms with van der Waals surface area (Å²) in [5, 5.41) is 9.10. The van der Waals surface area contributed by atoms with Gasteiger partial charge in [0.05, 0.1) is 10.7 Å². The summed E-state index contributed by atoms with van der Waals surface area (Å²) in [6, 6.07) is 4.73. The van der Waals surface area contributed by atoms with Crippen LogP contribution in [0.1, 0.15) is 10.4 Å². The van der Waals surface area contributed by atoms with Crippen molar-refractivity contribution in [1.29, 1.82) is 0 Å². The fraction of sp³-hybridized carbons (Fsp3) is 0. The zero-order valence-electron chi connectivity index (χ0n) is 8.98. The van der Waals surface area contributed by atoms with Crippen molar-refractivity contribution in [3.05, 3.63) is 45.3 Å². The Hall–Kier alpha value is -2.34. The van der Waals surface area contributed by atoms with Gasteiger partial charge in [0.2, 0.25) is 0 Å². The van der Waals surface area contributed by atoms with Gasteiger partial charge >= 0.3 is 5.97 Å². The largest absolute Gasteiger partial charge is 0.477 e. The fourth-order valence-corrected chi connectivity index (χ4v) is 1.50. The van der Waals surface area contributed by atoms with Crippen molar-refractivity contribution < 1.29 is 9.90 Å². The summed E-state index contributed by atoms with van der Waals surface area (Å²) in [5.41, 5.74) is 5.38. The monoisotopic (exact) mass is 265 g/mol. The van der Waals surface area contributed by atoms with E-state index in [1.165, 1.54) is 0 Å². The number of hydrogen-bond acceptors (Lipinski definition) is 4. The van der Waals surface area contributed by atoms with Gasteiger partial charge in [-0.25, -0.2) is 9.78 Å². The first-order valence-corrected chi connectivity index (χ1v) is 5.25. The van der Waals surface area contributed by atoms with Gasteiger partial charge in [-0.3, -0.25) is 4.79 Å². The highest BCUT2D eigenvalue weighted by Crippen LogP contribution is 2.23. The van der Waals surface area contributed by atoms with Gasteiger partial charge in [-0.2, -0.15) is 0 Å². The number of aromatic amines is 1. The van der Waals surface area contributed by atoms with Gasteiger partial charge in [-0.05, 0) is 18.2 Å². The lowest BCUT2D eigenvalue weighted by Crippen LogP contribution is -2.18. The van der Waals surface area contributed by atoms with Crippen LogP contribution < -0.4 is 11.3 Å². The van der Waals surface area contributed by atoms with Crippen LogP contribution in [-0.2, 0) is 0 Å². The van der Waals surface area contributed by atoms with Crippen molar-refractivity contribution in [3.63, 3.8) is 0 Å². The number of carboxylic acids is 1. The predicted octanol–water partition coefficient (Wildman–Crippen LogP) is 1.37. The molecule has 2 aromatic rings. The molecule has 0 radical (unpaired) electrons. The molecule has 0 aliphatic heterocycles. The van der Waals surface area contributed by atoms with E-state index in [1.807, 2.05) is 0 Å². The molecule has 0 saturated heterocycles. The Bertz CT molecular complexity index is 681. The topological polar surface area (TPSA) is 109 Å². The molecule has 1 aromatic heterocycles. The number of nitrogens with zero attached hydrogens (tertiary/aromatic N) is 1. The maximum absolute atomic E-state index is 11.5. The minimum absolute atomic E-state index is 0.230. The number of aromatic carboxylic acids is 1. The van der Waals surface area contributed by atoms with E-state index in [1.54, 1.807) is 18.2 Å². The second-order valence-corrected chi connectivity index (χ2v) is 3.92. The zero-order chi connectivity index (χ0) is 13.3. The number of nitrogens with two attached hydrogens (primary N) is 1. The molecule has 18 heavy (non-hydrogen) atoms. The van der Waals surface area contributed by atoms with E-state index in [4.69, 9.17) is 22.4 Å². The molecule has 0 atom stereocenters. The lowest BCUT2D eigenvalue weighted by molar-refractivity contribution is 0.0694. The van der Waals surface area contributed by atoms with Crippen LogP contribution in [0.3, 0.4) is 0 Å². The van der Waals surface area contributed by atoms with Crippen LogP contribution in [0.5, 0.6) is 0 Å². The van der Waals surface area contributed by atoms with Crippen LogP contribution in [0.25, 0.3) is 11.4 Å². The summed E-state index contributed by atoms with van der Waals surface area (Å²) in [6.07, 6.45) is 1.00.